The molecule has 0 unspecified atom stereocenters. The summed E-state index contributed by atoms with van der Waals surface area (Å²) in [6.45, 7) is 2.18. The second-order valence-corrected chi connectivity index (χ2v) is 3.59. The van der Waals surface area contributed by atoms with Crippen molar-refractivity contribution in [3.63, 3.8) is 0 Å². The summed E-state index contributed by atoms with van der Waals surface area (Å²) in [5.74, 6) is 0. The minimum absolute atomic E-state index is 1.06. The number of hydrogen-bond donors (Lipinski definition) is 2. The van der Waals surface area contributed by atoms with Crippen LogP contribution in [0.15, 0.2) is 30.6 Å². The molecule has 0 fully saturated rings. The Bertz CT molecular complexity index is 586. The molecule has 0 saturated carbocycles. The summed E-state index contributed by atoms with van der Waals surface area (Å²) in [4.78, 5) is 6.57. The highest BCUT2D eigenvalue weighted by atomic mass is 14.7. The first kappa shape index (κ1) is 7.68. The SMILES string of the molecule is CCc1cc2[nH]ccc2c2cc[nH]c12. The van der Waals surface area contributed by atoms with Crippen LogP contribution in [0.5, 0.6) is 0 Å². The van der Waals surface area contributed by atoms with Gasteiger partial charge in [-0.2, -0.15) is 0 Å². The summed E-state index contributed by atoms with van der Waals surface area (Å²) in [5.41, 5.74) is 3.88. The summed E-state index contributed by atoms with van der Waals surface area (Å²) in [6.07, 6.45) is 5.07. The minimum atomic E-state index is 1.06. The third kappa shape index (κ3) is 0.854. The number of nitrogens with one attached hydrogen (secondary N) is 2. The molecule has 0 aliphatic heterocycles. The van der Waals surface area contributed by atoms with Crippen LogP contribution in [-0.4, -0.2) is 9.97 Å². The highest BCUT2D eigenvalue weighted by Gasteiger charge is 2.06. The van der Waals surface area contributed by atoms with Gasteiger partial charge in [0.15, 0.2) is 0 Å². The van der Waals surface area contributed by atoms with Crippen molar-refractivity contribution < 1.29 is 0 Å². The smallest absolute Gasteiger partial charge is 0.0493 e. The Labute approximate surface area is 81.9 Å². The standard InChI is InChI=1S/C12H12N2/c1-2-8-7-11-9(3-5-13-11)10-4-6-14-12(8)10/h3-7,13-14H,2H2,1H3. The molecule has 14 heavy (non-hydrogen) atoms. The molecule has 1 aromatic carbocycles. The van der Waals surface area contributed by atoms with E-state index in [1.807, 2.05) is 12.4 Å². The Kier molecular flexibility index (Phi) is 1.45. The fourth-order valence-electron chi connectivity index (χ4n) is 2.12. The van der Waals surface area contributed by atoms with Gasteiger partial charge in [0, 0.05) is 34.2 Å². The predicted molar refractivity (Wildman–Crippen MR) is 59.5 cm³/mol. The molecule has 2 N–H and O–H groups in total. The quantitative estimate of drug-likeness (QED) is 0.582. The first-order valence-corrected chi connectivity index (χ1v) is 4.96. The first-order chi connectivity index (χ1) is 6.90. The number of benzene rings is 1. The van der Waals surface area contributed by atoms with E-state index in [4.69, 9.17) is 0 Å². The van der Waals surface area contributed by atoms with Crippen LogP contribution < -0.4 is 0 Å². The molecule has 0 spiro atoms. The molecule has 0 radical (unpaired) electrons. The second-order valence-electron chi connectivity index (χ2n) is 3.59. The number of fused-ring (bicyclic) bond motifs is 3. The van der Waals surface area contributed by atoms with Gasteiger partial charge >= 0.3 is 0 Å². The van der Waals surface area contributed by atoms with Crippen LogP contribution in [0.1, 0.15) is 12.5 Å². The fourth-order valence-corrected chi connectivity index (χ4v) is 2.12. The second kappa shape index (κ2) is 2.64. The summed E-state index contributed by atoms with van der Waals surface area (Å²) < 4.78 is 0. The number of rotatable bonds is 1. The van der Waals surface area contributed by atoms with Crippen molar-refractivity contribution in [2.45, 2.75) is 13.3 Å². The molecule has 2 heterocycles. The van der Waals surface area contributed by atoms with Crippen LogP contribution in [0.2, 0.25) is 0 Å². The molecule has 0 bridgehead atoms. The Morgan fingerprint density at radius 1 is 1.07 bits per heavy atom. The van der Waals surface area contributed by atoms with Gasteiger partial charge in [0.1, 0.15) is 0 Å². The zero-order valence-electron chi connectivity index (χ0n) is 8.09. The minimum Gasteiger partial charge on any atom is -0.361 e. The monoisotopic (exact) mass is 184 g/mol. The number of H-pyrrole nitrogens is 2. The van der Waals surface area contributed by atoms with Gasteiger partial charge in [-0.05, 0) is 30.2 Å². The first-order valence-electron chi connectivity index (χ1n) is 4.96. The highest BCUT2D eigenvalue weighted by Crippen LogP contribution is 2.27. The molecule has 70 valence electrons. The van der Waals surface area contributed by atoms with E-state index < -0.39 is 0 Å². The maximum Gasteiger partial charge on any atom is 0.0493 e. The van der Waals surface area contributed by atoms with Crippen molar-refractivity contribution in [3.8, 4) is 0 Å². The Balaban J connectivity index is 2.59. The molecule has 3 aromatic rings. The van der Waals surface area contributed by atoms with E-state index in [0.29, 0.717) is 0 Å². The molecular formula is C12H12N2. The van der Waals surface area contributed by atoms with E-state index in [1.165, 1.54) is 27.4 Å². The molecule has 2 aromatic heterocycles. The maximum absolute atomic E-state index is 3.31. The third-order valence-corrected chi connectivity index (χ3v) is 2.84. The van der Waals surface area contributed by atoms with Crippen LogP contribution in [0, 0.1) is 0 Å². The molecule has 0 amide bonds. The van der Waals surface area contributed by atoms with Gasteiger partial charge in [-0.1, -0.05) is 6.92 Å². The van der Waals surface area contributed by atoms with Crippen LogP contribution in [0.4, 0.5) is 0 Å². The molecule has 0 saturated heterocycles. The van der Waals surface area contributed by atoms with Gasteiger partial charge in [0.05, 0.1) is 0 Å². The molecular weight excluding hydrogens is 172 g/mol. The zero-order chi connectivity index (χ0) is 9.54. The maximum atomic E-state index is 3.31. The van der Waals surface area contributed by atoms with E-state index in [2.05, 4.69) is 35.1 Å². The van der Waals surface area contributed by atoms with Crippen molar-refractivity contribution in [2.24, 2.45) is 0 Å². The lowest BCUT2D eigenvalue weighted by atomic mass is 10.1. The lowest BCUT2D eigenvalue weighted by Crippen LogP contribution is -1.83. The normalized spacial score (nSPS) is 11.5. The molecule has 0 aliphatic carbocycles. The number of aryl methyl sites for hydroxylation is 1. The zero-order valence-corrected chi connectivity index (χ0v) is 8.09. The third-order valence-electron chi connectivity index (χ3n) is 2.84. The number of aromatic amines is 2. The molecule has 3 rings (SSSR count). The summed E-state index contributed by atoms with van der Waals surface area (Å²) in [6, 6.07) is 6.50. The van der Waals surface area contributed by atoms with E-state index >= 15 is 0 Å². The topological polar surface area (TPSA) is 31.6 Å². The van der Waals surface area contributed by atoms with Crippen molar-refractivity contribution >= 4 is 21.8 Å². The van der Waals surface area contributed by atoms with Crippen LogP contribution >= 0.6 is 0 Å². The van der Waals surface area contributed by atoms with Crippen molar-refractivity contribution in [3.05, 3.63) is 36.2 Å². The number of aromatic nitrogens is 2. The summed E-state index contributed by atoms with van der Waals surface area (Å²) in [7, 11) is 0. The van der Waals surface area contributed by atoms with E-state index in [9.17, 15) is 0 Å². The predicted octanol–water partition coefficient (Wildman–Crippen LogP) is 3.21. The van der Waals surface area contributed by atoms with Crippen LogP contribution in [0.25, 0.3) is 21.8 Å². The fraction of sp³-hybridized carbons (Fsp3) is 0.167. The van der Waals surface area contributed by atoms with Crippen LogP contribution in [-0.2, 0) is 6.42 Å². The Morgan fingerprint density at radius 2 is 1.86 bits per heavy atom. The van der Waals surface area contributed by atoms with Crippen molar-refractivity contribution in [2.75, 3.05) is 0 Å². The average Bonchev–Trinajstić information content (AvgIpc) is 2.83. The Hall–Kier alpha value is -1.70. The van der Waals surface area contributed by atoms with Gasteiger partial charge < -0.3 is 9.97 Å². The number of hydrogen-bond acceptors (Lipinski definition) is 0. The highest BCUT2D eigenvalue weighted by molar-refractivity contribution is 6.06. The van der Waals surface area contributed by atoms with Crippen molar-refractivity contribution in [1.82, 2.24) is 9.97 Å². The van der Waals surface area contributed by atoms with Gasteiger partial charge in [0.2, 0.25) is 0 Å². The average molecular weight is 184 g/mol. The lowest BCUT2D eigenvalue weighted by Gasteiger charge is -2.01. The van der Waals surface area contributed by atoms with Gasteiger partial charge in [0.25, 0.3) is 0 Å². The van der Waals surface area contributed by atoms with E-state index in [1.54, 1.807) is 0 Å². The van der Waals surface area contributed by atoms with Crippen molar-refractivity contribution in [1.29, 1.82) is 0 Å². The molecule has 2 nitrogen and oxygen atoms in total. The molecule has 0 aliphatic rings. The largest absolute Gasteiger partial charge is 0.361 e. The van der Waals surface area contributed by atoms with Gasteiger partial charge in [-0.3, -0.25) is 0 Å². The van der Waals surface area contributed by atoms with E-state index in [-0.39, 0.29) is 0 Å². The molecule has 2 heteroatoms. The molecule has 0 atom stereocenters. The van der Waals surface area contributed by atoms with Gasteiger partial charge in [-0.25, -0.2) is 0 Å². The van der Waals surface area contributed by atoms with E-state index in [0.717, 1.165) is 6.42 Å². The summed E-state index contributed by atoms with van der Waals surface area (Å²) in [5, 5.41) is 2.62. The van der Waals surface area contributed by atoms with Crippen LogP contribution in [0.3, 0.4) is 0 Å². The Morgan fingerprint density at radius 3 is 2.71 bits per heavy atom. The summed E-state index contributed by atoms with van der Waals surface area (Å²) >= 11 is 0. The lowest BCUT2D eigenvalue weighted by molar-refractivity contribution is 1.15. The van der Waals surface area contributed by atoms with Gasteiger partial charge in [-0.15, -0.1) is 0 Å².